The number of hydrogen-bond donors (Lipinski definition) is 1. The molecule has 11 heavy (non-hydrogen) atoms. The van der Waals surface area contributed by atoms with Crippen molar-refractivity contribution in [1.82, 2.24) is 4.98 Å². The lowest BCUT2D eigenvalue weighted by Gasteiger charge is -2.17. The van der Waals surface area contributed by atoms with E-state index in [0.717, 1.165) is 0 Å². The van der Waals surface area contributed by atoms with E-state index >= 15 is 0 Å². The van der Waals surface area contributed by atoms with Crippen molar-refractivity contribution in [3.05, 3.63) is 24.0 Å². The lowest BCUT2D eigenvalue weighted by molar-refractivity contribution is -0.490. The topological polar surface area (TPSA) is 65.4 Å². The third kappa shape index (κ3) is 1.66. The largest absolute Gasteiger partial charge is 0.828 e. The van der Waals surface area contributed by atoms with Crippen LogP contribution in [0.15, 0.2) is 18.5 Å². The number of pyridine rings is 1. The highest BCUT2D eigenvalue weighted by atomic mass is 16.5. The van der Waals surface area contributed by atoms with E-state index in [4.69, 9.17) is 9.84 Å². The molecule has 1 unspecified atom stereocenters. The van der Waals surface area contributed by atoms with Crippen molar-refractivity contribution in [2.75, 3.05) is 7.11 Å². The average Bonchev–Trinajstić information content (AvgIpc) is 2.04. The van der Waals surface area contributed by atoms with Crippen LogP contribution < -0.4 is 9.84 Å². The molecular formula is C7H8NO3-. The van der Waals surface area contributed by atoms with Crippen LogP contribution in [0.1, 0.15) is 11.9 Å². The van der Waals surface area contributed by atoms with E-state index in [9.17, 15) is 5.11 Å². The Kier molecular flexibility index (Phi) is 2.40. The minimum Gasteiger partial charge on any atom is -0.828 e. The molecule has 0 saturated heterocycles. The van der Waals surface area contributed by atoms with Crippen molar-refractivity contribution < 1.29 is 14.9 Å². The van der Waals surface area contributed by atoms with Crippen LogP contribution in [0.3, 0.4) is 0 Å². The molecule has 0 aliphatic carbocycles. The molecule has 1 heterocycles. The Labute approximate surface area is 64.1 Å². The van der Waals surface area contributed by atoms with Crippen molar-refractivity contribution in [2.45, 2.75) is 6.29 Å². The lowest BCUT2D eigenvalue weighted by atomic mass is 10.2. The zero-order valence-corrected chi connectivity index (χ0v) is 6.02. The monoisotopic (exact) mass is 154 g/mol. The maximum Gasteiger partial charge on any atom is 0.141 e. The summed E-state index contributed by atoms with van der Waals surface area (Å²) in [6, 6.07) is 1.43. The molecule has 0 saturated carbocycles. The summed E-state index contributed by atoms with van der Waals surface area (Å²) in [6.07, 6.45) is 1.06. The van der Waals surface area contributed by atoms with E-state index in [1.165, 1.54) is 25.6 Å². The number of rotatable bonds is 2. The van der Waals surface area contributed by atoms with E-state index in [2.05, 4.69) is 4.98 Å². The van der Waals surface area contributed by atoms with Crippen LogP contribution in [-0.2, 0) is 0 Å². The van der Waals surface area contributed by atoms with Crippen molar-refractivity contribution in [2.24, 2.45) is 0 Å². The Morgan fingerprint density at radius 3 is 2.91 bits per heavy atom. The first-order valence-electron chi connectivity index (χ1n) is 3.07. The molecule has 0 radical (unpaired) electrons. The smallest absolute Gasteiger partial charge is 0.141 e. The van der Waals surface area contributed by atoms with Crippen molar-refractivity contribution in [3.8, 4) is 5.75 Å². The molecule has 1 aromatic heterocycles. The summed E-state index contributed by atoms with van der Waals surface area (Å²) in [5.41, 5.74) is 0.211. The van der Waals surface area contributed by atoms with Crippen molar-refractivity contribution in [3.63, 3.8) is 0 Å². The van der Waals surface area contributed by atoms with Gasteiger partial charge in [-0.25, -0.2) is 0 Å². The average molecular weight is 154 g/mol. The summed E-state index contributed by atoms with van der Waals surface area (Å²) in [6.45, 7) is 0. The highest BCUT2D eigenvalue weighted by Crippen LogP contribution is 2.19. The van der Waals surface area contributed by atoms with Crippen molar-refractivity contribution in [1.29, 1.82) is 0 Å². The van der Waals surface area contributed by atoms with Gasteiger partial charge in [-0.2, -0.15) is 0 Å². The van der Waals surface area contributed by atoms with Crippen molar-refractivity contribution >= 4 is 0 Å². The molecule has 0 aliphatic heterocycles. The number of ether oxygens (including phenoxy) is 1. The molecule has 0 amide bonds. The van der Waals surface area contributed by atoms with Gasteiger partial charge in [-0.15, -0.1) is 0 Å². The standard InChI is InChI=1S/C7H8NO3/c1-11-6-4-8-3-2-5(6)7(9)10/h2-4,7,9H,1H3/q-1. The van der Waals surface area contributed by atoms with Crippen LogP contribution in [0.25, 0.3) is 0 Å². The third-order valence-corrected chi connectivity index (χ3v) is 1.30. The maximum absolute atomic E-state index is 10.6. The number of aromatic nitrogens is 1. The number of aliphatic hydroxyl groups excluding tert-OH is 1. The van der Waals surface area contributed by atoms with Crippen LogP contribution in [0.2, 0.25) is 0 Å². The maximum atomic E-state index is 10.6. The van der Waals surface area contributed by atoms with E-state index in [1.54, 1.807) is 0 Å². The van der Waals surface area contributed by atoms with E-state index in [1.807, 2.05) is 0 Å². The molecule has 0 aromatic carbocycles. The summed E-state index contributed by atoms with van der Waals surface area (Å²) in [7, 11) is 1.42. The molecule has 1 N–H and O–H groups in total. The van der Waals surface area contributed by atoms with Gasteiger partial charge in [-0.3, -0.25) is 4.98 Å². The zero-order valence-electron chi connectivity index (χ0n) is 6.02. The van der Waals surface area contributed by atoms with Gasteiger partial charge in [0, 0.05) is 18.1 Å². The highest BCUT2D eigenvalue weighted by Gasteiger charge is 2.01. The van der Waals surface area contributed by atoms with E-state index in [0.29, 0.717) is 5.75 Å². The van der Waals surface area contributed by atoms with Gasteiger partial charge in [-0.1, -0.05) is 0 Å². The summed E-state index contributed by atoms with van der Waals surface area (Å²) in [5.74, 6) is 0.315. The Morgan fingerprint density at radius 1 is 1.73 bits per heavy atom. The molecule has 0 spiro atoms. The Morgan fingerprint density at radius 2 is 2.45 bits per heavy atom. The van der Waals surface area contributed by atoms with Gasteiger partial charge in [-0.05, 0) is 6.07 Å². The summed E-state index contributed by atoms with van der Waals surface area (Å²) in [5, 5.41) is 19.2. The first-order valence-corrected chi connectivity index (χ1v) is 3.07. The fraction of sp³-hybridized carbons (Fsp3) is 0.286. The van der Waals surface area contributed by atoms with Crippen LogP contribution in [0.4, 0.5) is 0 Å². The summed E-state index contributed by atoms with van der Waals surface area (Å²) >= 11 is 0. The third-order valence-electron chi connectivity index (χ3n) is 1.30. The van der Waals surface area contributed by atoms with Gasteiger partial charge in [0.2, 0.25) is 0 Å². The molecule has 0 bridgehead atoms. The number of aliphatic hydroxyl groups is 1. The molecule has 4 heteroatoms. The summed E-state index contributed by atoms with van der Waals surface area (Å²) in [4.78, 5) is 3.72. The predicted molar refractivity (Wildman–Crippen MR) is 35.7 cm³/mol. The second-order valence-electron chi connectivity index (χ2n) is 1.97. The zero-order chi connectivity index (χ0) is 8.27. The molecule has 1 aromatic rings. The summed E-state index contributed by atoms with van der Waals surface area (Å²) < 4.78 is 4.78. The second-order valence-corrected chi connectivity index (χ2v) is 1.97. The molecule has 4 nitrogen and oxygen atoms in total. The SMILES string of the molecule is COc1cnccc1C([O-])O. The van der Waals surface area contributed by atoms with E-state index < -0.39 is 6.29 Å². The molecule has 60 valence electrons. The Balaban J connectivity index is 3.02. The molecule has 0 fully saturated rings. The first kappa shape index (κ1) is 7.97. The fourth-order valence-electron chi connectivity index (χ4n) is 0.765. The van der Waals surface area contributed by atoms with Gasteiger partial charge in [0.25, 0.3) is 0 Å². The van der Waals surface area contributed by atoms with E-state index in [-0.39, 0.29) is 5.56 Å². The number of hydrogen-bond acceptors (Lipinski definition) is 4. The van der Waals surface area contributed by atoms with Gasteiger partial charge in [0.1, 0.15) is 5.75 Å². The predicted octanol–water partition coefficient (Wildman–Crippen LogP) is -0.559. The molecular weight excluding hydrogens is 146 g/mol. The minimum atomic E-state index is -1.76. The fourth-order valence-corrected chi connectivity index (χ4v) is 0.765. The number of nitrogens with zero attached hydrogens (tertiary/aromatic N) is 1. The number of methoxy groups -OCH3 is 1. The first-order chi connectivity index (χ1) is 5.25. The van der Waals surface area contributed by atoms with Crippen LogP contribution in [-0.4, -0.2) is 17.2 Å². The molecule has 1 rings (SSSR count). The van der Waals surface area contributed by atoms with Crippen LogP contribution >= 0.6 is 0 Å². The Hall–Kier alpha value is -1.13. The quantitative estimate of drug-likeness (QED) is 0.580. The van der Waals surface area contributed by atoms with Crippen LogP contribution in [0, 0.1) is 0 Å². The Bertz CT molecular complexity index is 237. The van der Waals surface area contributed by atoms with Gasteiger partial charge < -0.3 is 14.9 Å². The van der Waals surface area contributed by atoms with Gasteiger partial charge in [0.05, 0.1) is 13.3 Å². The normalized spacial score (nSPS) is 12.6. The molecule has 0 aliphatic rings. The molecule has 1 atom stereocenters. The highest BCUT2D eigenvalue weighted by molar-refractivity contribution is 5.29. The van der Waals surface area contributed by atoms with Crippen LogP contribution in [0.5, 0.6) is 5.75 Å². The second kappa shape index (κ2) is 3.32. The lowest BCUT2D eigenvalue weighted by Crippen LogP contribution is -2.15. The minimum absolute atomic E-state index is 0.211. The van der Waals surface area contributed by atoms with Gasteiger partial charge in [0.15, 0.2) is 0 Å². The van der Waals surface area contributed by atoms with Gasteiger partial charge >= 0.3 is 0 Å².